The highest BCUT2D eigenvalue weighted by atomic mass is 32.2. The smallest absolute Gasteiger partial charge is 0.132 e. The summed E-state index contributed by atoms with van der Waals surface area (Å²) < 4.78 is 4.99. The van der Waals surface area contributed by atoms with Gasteiger partial charge in [-0.15, -0.1) is 0 Å². The van der Waals surface area contributed by atoms with Crippen molar-refractivity contribution >= 4 is 23.5 Å². The van der Waals surface area contributed by atoms with Gasteiger partial charge in [-0.05, 0) is 25.5 Å². The number of ether oxygens (including phenoxy) is 1. The lowest BCUT2D eigenvalue weighted by Gasteiger charge is -2.16. The Hall–Kier alpha value is -0.630. The molecule has 118 valence electrons. The van der Waals surface area contributed by atoms with Gasteiger partial charge in [0.05, 0.1) is 31.3 Å². The van der Waals surface area contributed by atoms with E-state index in [4.69, 9.17) is 10.5 Å². The molecule has 0 aromatic heterocycles. The van der Waals surface area contributed by atoms with Crippen LogP contribution in [0.3, 0.4) is 0 Å². The van der Waals surface area contributed by atoms with E-state index < -0.39 is 18.1 Å². The van der Waals surface area contributed by atoms with Crippen molar-refractivity contribution in [3.05, 3.63) is 0 Å². The quantitative estimate of drug-likeness (QED) is 0.453. The van der Waals surface area contributed by atoms with Crippen LogP contribution in [0.2, 0.25) is 0 Å². The number of ketones is 1. The van der Waals surface area contributed by atoms with E-state index in [1.807, 2.05) is 6.92 Å². The molecule has 0 saturated heterocycles. The number of carboxylic acid groups (broad SMARTS) is 1. The lowest BCUT2D eigenvalue weighted by Crippen LogP contribution is -2.45. The van der Waals surface area contributed by atoms with Gasteiger partial charge >= 0.3 is 0 Å². The number of aliphatic carboxylic acids is 1. The molecule has 1 unspecified atom stereocenters. The zero-order valence-corrected chi connectivity index (χ0v) is 12.9. The first-order valence-electron chi connectivity index (χ1n) is 6.68. The van der Waals surface area contributed by atoms with E-state index >= 15 is 0 Å². The maximum absolute atomic E-state index is 11.2. The van der Waals surface area contributed by atoms with E-state index in [9.17, 15) is 19.8 Å². The summed E-state index contributed by atoms with van der Waals surface area (Å²) in [5.41, 5.74) is 5.20. The van der Waals surface area contributed by atoms with E-state index in [1.165, 1.54) is 0 Å². The summed E-state index contributed by atoms with van der Waals surface area (Å²) in [4.78, 5) is 21.5. The molecule has 6 nitrogen and oxygen atoms in total. The number of carbonyl (C=O) groups excluding carboxylic acids is 2. The Morgan fingerprint density at radius 3 is 2.55 bits per heavy atom. The second-order valence-corrected chi connectivity index (χ2v) is 5.85. The molecule has 0 spiro atoms. The van der Waals surface area contributed by atoms with Crippen molar-refractivity contribution in [1.82, 2.24) is 0 Å². The predicted octanol–water partition coefficient (Wildman–Crippen LogP) is -0.820. The third-order valence-corrected chi connectivity index (χ3v) is 4.04. The number of carbonyl (C=O) groups is 2. The lowest BCUT2D eigenvalue weighted by molar-refractivity contribution is -0.308. The van der Waals surface area contributed by atoms with Gasteiger partial charge in [0.2, 0.25) is 0 Å². The molecule has 3 N–H and O–H groups in total. The van der Waals surface area contributed by atoms with E-state index in [-0.39, 0.29) is 24.9 Å². The molecule has 0 aromatic rings. The molecule has 0 radical (unpaired) electrons. The first kappa shape index (κ1) is 19.4. The van der Waals surface area contributed by atoms with Crippen molar-refractivity contribution in [1.29, 1.82) is 0 Å². The number of nitrogens with two attached hydrogens (primary N) is 1. The molecule has 0 amide bonds. The molecule has 7 heteroatoms. The number of rotatable bonds is 12. The normalized spacial score (nSPS) is 15.6. The van der Waals surface area contributed by atoms with Crippen LogP contribution >= 0.6 is 11.8 Å². The largest absolute Gasteiger partial charge is 0.548 e. The van der Waals surface area contributed by atoms with E-state index in [0.29, 0.717) is 5.75 Å². The third kappa shape index (κ3) is 9.30. The van der Waals surface area contributed by atoms with Crippen molar-refractivity contribution in [2.45, 2.75) is 38.8 Å². The molecule has 3 atom stereocenters. The maximum atomic E-state index is 11.2. The highest BCUT2D eigenvalue weighted by Gasteiger charge is 2.12. The van der Waals surface area contributed by atoms with E-state index in [2.05, 4.69) is 0 Å². The van der Waals surface area contributed by atoms with Crippen molar-refractivity contribution in [3.8, 4) is 0 Å². The van der Waals surface area contributed by atoms with Gasteiger partial charge in [0.25, 0.3) is 0 Å². The fourth-order valence-corrected chi connectivity index (χ4v) is 2.57. The summed E-state index contributed by atoms with van der Waals surface area (Å²) in [6.07, 6.45) is 0.967. The van der Waals surface area contributed by atoms with Crippen molar-refractivity contribution in [3.63, 3.8) is 0 Å². The number of aliphatic hydroxyl groups excluding tert-OH is 1. The van der Waals surface area contributed by atoms with Gasteiger partial charge in [0.15, 0.2) is 0 Å². The predicted molar refractivity (Wildman–Crippen MR) is 76.2 cm³/mol. The summed E-state index contributed by atoms with van der Waals surface area (Å²) in [5.74, 6) is 0.205. The SMILES string of the molecule is CC[C@@H](CCSCC(O)COC[C@H](N)C(=O)[O-])C(C)=O. The lowest BCUT2D eigenvalue weighted by atomic mass is 10.00. The number of thioether (sulfide) groups is 1. The number of hydrogen-bond donors (Lipinski definition) is 2. The Bertz CT molecular complexity index is 300. The first-order valence-corrected chi connectivity index (χ1v) is 7.84. The summed E-state index contributed by atoms with van der Waals surface area (Å²) in [6.45, 7) is 3.45. The van der Waals surface area contributed by atoms with Crippen LogP contribution < -0.4 is 10.8 Å². The molecule has 0 aromatic carbocycles. The zero-order chi connectivity index (χ0) is 15.5. The van der Waals surface area contributed by atoms with E-state index in [0.717, 1.165) is 18.6 Å². The number of hydrogen-bond acceptors (Lipinski definition) is 7. The summed E-state index contributed by atoms with van der Waals surface area (Å²) in [7, 11) is 0. The molecule has 0 aliphatic heterocycles. The molecular weight excluding hydrogens is 282 g/mol. The van der Waals surface area contributed by atoms with E-state index in [1.54, 1.807) is 18.7 Å². The molecule has 0 saturated carbocycles. The number of carboxylic acids is 1. The Labute approximate surface area is 124 Å². The molecule has 0 aliphatic carbocycles. The van der Waals surface area contributed by atoms with Gasteiger partial charge < -0.3 is 25.5 Å². The van der Waals surface area contributed by atoms with Crippen molar-refractivity contribution in [2.75, 3.05) is 24.7 Å². The molecule has 0 fully saturated rings. The van der Waals surface area contributed by atoms with Crippen LogP contribution in [0.5, 0.6) is 0 Å². The molecule has 0 aliphatic rings. The summed E-state index contributed by atoms with van der Waals surface area (Å²) >= 11 is 1.55. The van der Waals surface area contributed by atoms with Crippen LogP contribution in [0.1, 0.15) is 26.7 Å². The van der Waals surface area contributed by atoms with Crippen LogP contribution in [0.15, 0.2) is 0 Å². The average Bonchev–Trinajstić information content (AvgIpc) is 2.37. The van der Waals surface area contributed by atoms with Gasteiger partial charge in [-0.2, -0.15) is 11.8 Å². The molecular formula is C13H24NO5S-. The fourth-order valence-electron chi connectivity index (χ4n) is 1.59. The number of aliphatic hydroxyl groups is 1. The van der Waals surface area contributed by atoms with Crippen molar-refractivity contribution in [2.24, 2.45) is 11.7 Å². The Balaban J connectivity index is 3.61. The minimum atomic E-state index is -1.37. The Kier molecular flexibility index (Phi) is 10.7. The van der Waals surface area contributed by atoms with Gasteiger partial charge in [-0.3, -0.25) is 4.79 Å². The summed E-state index contributed by atoms with van der Waals surface area (Å²) in [6, 6.07) is -1.17. The zero-order valence-electron chi connectivity index (χ0n) is 12.0. The van der Waals surface area contributed by atoms with Gasteiger partial charge in [0, 0.05) is 11.7 Å². The average molecular weight is 306 g/mol. The molecule has 0 rings (SSSR count). The van der Waals surface area contributed by atoms with Crippen LogP contribution in [0.4, 0.5) is 0 Å². The topological polar surface area (TPSA) is 113 Å². The van der Waals surface area contributed by atoms with Crippen LogP contribution in [0, 0.1) is 5.92 Å². The molecule has 0 bridgehead atoms. The van der Waals surface area contributed by atoms with Crippen LogP contribution in [-0.4, -0.2) is 53.7 Å². The minimum Gasteiger partial charge on any atom is -0.548 e. The monoisotopic (exact) mass is 306 g/mol. The van der Waals surface area contributed by atoms with Crippen LogP contribution in [0.25, 0.3) is 0 Å². The van der Waals surface area contributed by atoms with Gasteiger partial charge in [-0.1, -0.05) is 6.92 Å². The standard InChI is InChI=1S/C13H25NO5S/c1-3-10(9(2)15)4-5-20-8-11(16)6-19-7-12(14)13(17)18/h10-12,16H,3-8,14H2,1-2H3,(H,17,18)/p-1/t10-,11?,12-/m0/s1. The van der Waals surface area contributed by atoms with Gasteiger partial charge in [-0.25, -0.2) is 0 Å². The first-order chi connectivity index (χ1) is 9.38. The highest BCUT2D eigenvalue weighted by molar-refractivity contribution is 7.99. The minimum absolute atomic E-state index is 0.0396. The Morgan fingerprint density at radius 2 is 2.05 bits per heavy atom. The molecule has 0 heterocycles. The summed E-state index contributed by atoms with van der Waals surface area (Å²) in [5, 5.41) is 19.9. The molecule has 20 heavy (non-hydrogen) atoms. The van der Waals surface area contributed by atoms with Crippen molar-refractivity contribution < 1.29 is 24.5 Å². The van der Waals surface area contributed by atoms with Crippen LogP contribution in [-0.2, 0) is 14.3 Å². The number of Topliss-reactive ketones (excluding diaryl/α,β-unsaturated/α-hetero) is 1. The Morgan fingerprint density at radius 1 is 1.40 bits per heavy atom. The highest BCUT2D eigenvalue weighted by Crippen LogP contribution is 2.14. The van der Waals surface area contributed by atoms with Gasteiger partial charge in [0.1, 0.15) is 5.78 Å². The third-order valence-electron chi connectivity index (χ3n) is 2.90. The maximum Gasteiger partial charge on any atom is 0.132 e. The second kappa shape index (κ2) is 11.1. The fraction of sp³-hybridized carbons (Fsp3) is 0.846. The second-order valence-electron chi connectivity index (χ2n) is 4.70.